The fourth-order valence-electron chi connectivity index (χ4n) is 3.45. The quantitative estimate of drug-likeness (QED) is 0.697. The molecule has 8 heteroatoms. The molecule has 2 aromatic carbocycles. The van der Waals surface area contributed by atoms with Gasteiger partial charge in [-0.2, -0.15) is 0 Å². The molecule has 1 fully saturated rings. The number of hydrogen-bond donors (Lipinski definition) is 1. The van der Waals surface area contributed by atoms with Crippen LogP contribution in [0.3, 0.4) is 0 Å². The van der Waals surface area contributed by atoms with Crippen LogP contribution in [0.4, 0.5) is 10.1 Å². The summed E-state index contributed by atoms with van der Waals surface area (Å²) in [6.07, 6.45) is 0. The Labute approximate surface area is 182 Å². The van der Waals surface area contributed by atoms with Gasteiger partial charge in [0.15, 0.2) is 0 Å². The molecule has 0 spiro atoms. The first kappa shape index (κ1) is 22.7. The third-order valence-corrected chi connectivity index (χ3v) is 5.32. The molecule has 0 unspecified atom stereocenters. The highest BCUT2D eigenvalue weighted by Crippen LogP contribution is 2.13. The second-order valence-electron chi connectivity index (χ2n) is 7.71. The van der Waals surface area contributed by atoms with Gasteiger partial charge in [-0.15, -0.1) is 0 Å². The van der Waals surface area contributed by atoms with Crippen molar-refractivity contribution in [2.45, 2.75) is 6.54 Å². The van der Waals surface area contributed by atoms with Crippen LogP contribution >= 0.6 is 0 Å². The molecule has 2 aromatic rings. The number of methoxy groups -OCH3 is 1. The summed E-state index contributed by atoms with van der Waals surface area (Å²) in [7, 11) is 3.44. The number of hydrogen-bond acceptors (Lipinski definition) is 5. The highest BCUT2D eigenvalue weighted by Gasteiger charge is 2.22. The van der Waals surface area contributed by atoms with E-state index < -0.39 is 0 Å². The number of likely N-dealkylation sites (N-methyl/N-ethyl adjacent to an activating group) is 1. The Morgan fingerprint density at radius 2 is 1.55 bits per heavy atom. The highest BCUT2D eigenvalue weighted by molar-refractivity contribution is 5.92. The number of amides is 2. The number of carbonyl (C=O) groups excluding carboxylic acids is 2. The number of piperazine rings is 1. The van der Waals surface area contributed by atoms with Crippen LogP contribution in [-0.2, 0) is 16.1 Å². The Hall–Kier alpha value is -2.97. The SMILES string of the molecule is COc1ccc(CN(C)C(=O)CN2CCN(CC(=O)Nc3ccc(F)cc3)CC2)cc1. The molecule has 31 heavy (non-hydrogen) atoms. The second kappa shape index (κ2) is 10.9. The molecule has 0 radical (unpaired) electrons. The van der Waals surface area contributed by atoms with Crippen LogP contribution in [-0.4, -0.2) is 79.9 Å². The first-order valence-electron chi connectivity index (χ1n) is 10.3. The van der Waals surface area contributed by atoms with Crippen molar-refractivity contribution in [1.29, 1.82) is 0 Å². The average molecular weight is 429 g/mol. The first-order valence-corrected chi connectivity index (χ1v) is 10.3. The van der Waals surface area contributed by atoms with E-state index in [0.717, 1.165) is 24.4 Å². The maximum absolute atomic E-state index is 13.0. The normalized spacial score (nSPS) is 14.8. The molecular formula is C23H29FN4O3. The number of halogens is 1. The summed E-state index contributed by atoms with van der Waals surface area (Å²) in [6.45, 7) is 4.07. The Morgan fingerprint density at radius 3 is 2.13 bits per heavy atom. The van der Waals surface area contributed by atoms with Crippen LogP contribution in [0.15, 0.2) is 48.5 Å². The summed E-state index contributed by atoms with van der Waals surface area (Å²) in [4.78, 5) is 30.7. The Bertz CT molecular complexity index is 865. The van der Waals surface area contributed by atoms with Gasteiger partial charge < -0.3 is 15.0 Å². The van der Waals surface area contributed by atoms with E-state index in [4.69, 9.17) is 4.74 Å². The summed E-state index contributed by atoms with van der Waals surface area (Å²) in [5.74, 6) is 0.397. The lowest BCUT2D eigenvalue weighted by atomic mass is 10.2. The molecular weight excluding hydrogens is 399 g/mol. The fourth-order valence-corrected chi connectivity index (χ4v) is 3.45. The molecule has 166 valence electrons. The second-order valence-corrected chi connectivity index (χ2v) is 7.71. The van der Waals surface area contributed by atoms with Crippen LogP contribution in [0.25, 0.3) is 0 Å². The van der Waals surface area contributed by atoms with Crippen molar-refractivity contribution >= 4 is 17.5 Å². The van der Waals surface area contributed by atoms with Gasteiger partial charge >= 0.3 is 0 Å². The standard InChI is InChI=1S/C23H29FN4O3/c1-26(15-18-3-9-21(31-2)10-4-18)23(30)17-28-13-11-27(12-14-28)16-22(29)25-20-7-5-19(24)6-8-20/h3-10H,11-17H2,1-2H3,(H,25,29). The number of nitrogens with zero attached hydrogens (tertiary/aromatic N) is 3. The predicted molar refractivity (Wildman–Crippen MR) is 117 cm³/mol. The third-order valence-electron chi connectivity index (χ3n) is 5.32. The van der Waals surface area contributed by atoms with Gasteiger partial charge in [-0.25, -0.2) is 4.39 Å². The minimum Gasteiger partial charge on any atom is -0.497 e. The van der Waals surface area contributed by atoms with Crippen molar-refractivity contribution in [2.24, 2.45) is 0 Å². The largest absolute Gasteiger partial charge is 0.497 e. The Kier molecular flexibility index (Phi) is 7.97. The van der Waals surface area contributed by atoms with E-state index in [9.17, 15) is 14.0 Å². The van der Waals surface area contributed by atoms with Crippen molar-refractivity contribution < 1.29 is 18.7 Å². The van der Waals surface area contributed by atoms with Crippen molar-refractivity contribution in [1.82, 2.24) is 14.7 Å². The molecule has 0 aliphatic carbocycles. The van der Waals surface area contributed by atoms with E-state index in [2.05, 4.69) is 15.1 Å². The molecule has 0 bridgehead atoms. The number of benzene rings is 2. The molecule has 1 heterocycles. The first-order chi connectivity index (χ1) is 14.9. The smallest absolute Gasteiger partial charge is 0.238 e. The summed E-state index contributed by atoms with van der Waals surface area (Å²) in [5.41, 5.74) is 1.63. The van der Waals surface area contributed by atoms with E-state index in [1.807, 2.05) is 31.3 Å². The zero-order valence-corrected chi connectivity index (χ0v) is 18.0. The van der Waals surface area contributed by atoms with Gasteiger partial charge in [-0.3, -0.25) is 19.4 Å². The average Bonchev–Trinajstić information content (AvgIpc) is 2.77. The number of anilines is 1. The van der Waals surface area contributed by atoms with Crippen LogP contribution in [0, 0.1) is 5.82 Å². The third kappa shape index (κ3) is 7.04. The van der Waals surface area contributed by atoms with Gasteiger partial charge in [0.2, 0.25) is 11.8 Å². The predicted octanol–water partition coefficient (Wildman–Crippen LogP) is 2.05. The van der Waals surface area contributed by atoms with Gasteiger partial charge in [-0.1, -0.05) is 12.1 Å². The zero-order valence-electron chi connectivity index (χ0n) is 18.0. The van der Waals surface area contributed by atoms with Crippen LogP contribution in [0.5, 0.6) is 5.75 Å². The number of carbonyl (C=O) groups is 2. The molecule has 0 saturated carbocycles. The van der Waals surface area contributed by atoms with Crippen molar-refractivity contribution in [3.05, 3.63) is 59.9 Å². The maximum Gasteiger partial charge on any atom is 0.238 e. The topological polar surface area (TPSA) is 65.1 Å². The Morgan fingerprint density at radius 1 is 0.968 bits per heavy atom. The van der Waals surface area contributed by atoms with Crippen molar-refractivity contribution in [3.8, 4) is 5.75 Å². The summed E-state index contributed by atoms with van der Waals surface area (Å²) in [6, 6.07) is 13.4. The molecule has 0 aromatic heterocycles. The van der Waals surface area contributed by atoms with Crippen LogP contribution < -0.4 is 10.1 Å². The molecule has 7 nitrogen and oxygen atoms in total. The van der Waals surface area contributed by atoms with E-state index in [1.54, 1.807) is 24.1 Å². The maximum atomic E-state index is 13.0. The van der Waals surface area contributed by atoms with Gasteiger partial charge in [0.1, 0.15) is 11.6 Å². The van der Waals surface area contributed by atoms with E-state index in [1.165, 1.54) is 12.1 Å². The van der Waals surface area contributed by atoms with Gasteiger partial charge in [0.05, 0.1) is 20.2 Å². The lowest BCUT2D eigenvalue weighted by Gasteiger charge is -2.34. The summed E-state index contributed by atoms with van der Waals surface area (Å²) in [5, 5.41) is 2.78. The zero-order chi connectivity index (χ0) is 22.2. The minimum absolute atomic E-state index is 0.0679. The van der Waals surface area contributed by atoms with E-state index >= 15 is 0 Å². The van der Waals surface area contributed by atoms with Gasteiger partial charge in [0.25, 0.3) is 0 Å². The monoisotopic (exact) mass is 428 g/mol. The van der Waals surface area contributed by atoms with Gasteiger partial charge in [0, 0.05) is 45.5 Å². The van der Waals surface area contributed by atoms with Crippen molar-refractivity contribution in [3.63, 3.8) is 0 Å². The van der Waals surface area contributed by atoms with Crippen molar-refractivity contribution in [2.75, 3.05) is 58.7 Å². The molecule has 0 atom stereocenters. The number of nitrogens with one attached hydrogen (secondary N) is 1. The highest BCUT2D eigenvalue weighted by atomic mass is 19.1. The molecule has 2 amide bonds. The fraction of sp³-hybridized carbons (Fsp3) is 0.391. The molecule has 1 saturated heterocycles. The number of rotatable bonds is 8. The lowest BCUT2D eigenvalue weighted by molar-refractivity contribution is -0.132. The summed E-state index contributed by atoms with van der Waals surface area (Å²) < 4.78 is 18.1. The van der Waals surface area contributed by atoms with E-state index in [0.29, 0.717) is 31.9 Å². The molecule has 3 rings (SSSR count). The Balaban J connectivity index is 1.38. The number of ether oxygens (including phenoxy) is 1. The molecule has 1 N–H and O–H groups in total. The molecule has 1 aliphatic rings. The van der Waals surface area contributed by atoms with Crippen LogP contribution in [0.1, 0.15) is 5.56 Å². The van der Waals surface area contributed by atoms with Gasteiger partial charge in [-0.05, 0) is 42.0 Å². The lowest BCUT2D eigenvalue weighted by Crippen LogP contribution is -2.51. The summed E-state index contributed by atoms with van der Waals surface area (Å²) >= 11 is 0. The van der Waals surface area contributed by atoms with E-state index in [-0.39, 0.29) is 24.2 Å². The van der Waals surface area contributed by atoms with Crippen LogP contribution in [0.2, 0.25) is 0 Å². The minimum atomic E-state index is -0.335. The molecule has 1 aliphatic heterocycles.